The zero-order valence-corrected chi connectivity index (χ0v) is 25.4. The van der Waals surface area contributed by atoms with E-state index in [-0.39, 0.29) is 17.7 Å². The minimum absolute atomic E-state index is 0.184. The number of unbranched alkanes of at least 4 members (excludes halogenated alkanes) is 4. The summed E-state index contributed by atoms with van der Waals surface area (Å²) in [6.07, 6.45) is 5.93. The number of nitrogens with zero attached hydrogens (tertiary/aromatic N) is 2. The topological polar surface area (TPSA) is 80.6 Å². The molecule has 1 heterocycles. The van der Waals surface area contributed by atoms with Gasteiger partial charge < -0.3 is 15.0 Å². The summed E-state index contributed by atoms with van der Waals surface area (Å²) >= 11 is 6.09. The number of amides is 2. The van der Waals surface area contributed by atoms with E-state index in [1.807, 2.05) is 19.1 Å². The van der Waals surface area contributed by atoms with Crippen molar-refractivity contribution in [2.45, 2.75) is 78.2 Å². The molecule has 1 atom stereocenters. The molecular weight excluding hydrogens is 526 g/mol. The van der Waals surface area contributed by atoms with Crippen molar-refractivity contribution >= 4 is 40.2 Å². The molecule has 0 saturated heterocycles. The van der Waals surface area contributed by atoms with Gasteiger partial charge in [-0.05, 0) is 62.2 Å². The molecule has 1 unspecified atom stereocenters. The Labute approximate surface area is 242 Å². The molecule has 0 aliphatic heterocycles. The molecule has 216 valence electrons. The van der Waals surface area contributed by atoms with Crippen LogP contribution >= 0.6 is 11.6 Å². The molecule has 2 aromatic carbocycles. The predicted octanol–water partition coefficient (Wildman–Crippen LogP) is 6.86. The second-order valence-corrected chi connectivity index (χ2v) is 10.9. The van der Waals surface area contributed by atoms with Gasteiger partial charge in [-0.3, -0.25) is 19.0 Å². The minimum atomic E-state index is -1.36. The average molecular weight is 568 g/mol. The first-order valence-electron chi connectivity index (χ1n) is 14.1. The normalized spacial score (nSPS) is 12.7. The zero-order chi connectivity index (χ0) is 29.4. The lowest BCUT2D eigenvalue weighted by atomic mass is 9.81. The van der Waals surface area contributed by atoms with Crippen molar-refractivity contribution < 1.29 is 19.1 Å². The fourth-order valence-electron chi connectivity index (χ4n) is 5.50. The monoisotopic (exact) mass is 567 g/mol. The molecule has 0 saturated carbocycles. The molecule has 3 rings (SSSR count). The van der Waals surface area contributed by atoms with Crippen molar-refractivity contribution in [3.05, 3.63) is 64.3 Å². The van der Waals surface area contributed by atoms with Crippen LogP contribution in [-0.4, -0.2) is 47.9 Å². The van der Waals surface area contributed by atoms with E-state index in [0.29, 0.717) is 51.5 Å². The fourth-order valence-corrected chi connectivity index (χ4v) is 5.63. The number of halogens is 1. The smallest absolute Gasteiger partial charge is 0.262 e. The Morgan fingerprint density at radius 3 is 2.27 bits per heavy atom. The SMILES string of the molecule is CCCCCCC(NC(C)=O)(C(=O)N(C)CCCC)c1c(C)n(C(=O)c2ccc(Cl)cc2)c2ccc(OC)cc12. The second-order valence-electron chi connectivity index (χ2n) is 10.5. The number of carbonyl (C=O) groups is 3. The quantitative estimate of drug-likeness (QED) is 0.229. The van der Waals surface area contributed by atoms with Crippen LogP contribution in [0.15, 0.2) is 42.5 Å². The van der Waals surface area contributed by atoms with Crippen LogP contribution in [0.25, 0.3) is 10.9 Å². The van der Waals surface area contributed by atoms with E-state index < -0.39 is 5.54 Å². The van der Waals surface area contributed by atoms with Crippen molar-refractivity contribution in [3.63, 3.8) is 0 Å². The third-order valence-corrected chi connectivity index (χ3v) is 7.74. The van der Waals surface area contributed by atoms with E-state index in [1.165, 1.54) is 6.92 Å². The van der Waals surface area contributed by atoms with E-state index in [4.69, 9.17) is 16.3 Å². The summed E-state index contributed by atoms with van der Waals surface area (Å²) in [7, 11) is 3.37. The summed E-state index contributed by atoms with van der Waals surface area (Å²) in [5.41, 5.74) is 0.975. The maximum atomic E-state index is 14.5. The summed E-state index contributed by atoms with van der Waals surface area (Å²) in [5.74, 6) is -0.138. The second kappa shape index (κ2) is 13.8. The van der Waals surface area contributed by atoms with Gasteiger partial charge in [0.1, 0.15) is 11.3 Å². The highest BCUT2D eigenvalue weighted by Gasteiger charge is 2.46. The van der Waals surface area contributed by atoms with Crippen LogP contribution in [0.3, 0.4) is 0 Å². The Kier molecular flexibility index (Phi) is 10.8. The zero-order valence-electron chi connectivity index (χ0n) is 24.6. The van der Waals surface area contributed by atoms with Crippen LogP contribution in [0.4, 0.5) is 0 Å². The largest absolute Gasteiger partial charge is 0.497 e. The lowest BCUT2D eigenvalue weighted by molar-refractivity contribution is -0.141. The number of hydrogen-bond donors (Lipinski definition) is 1. The molecule has 0 radical (unpaired) electrons. The molecule has 8 heteroatoms. The molecule has 0 fully saturated rings. The standard InChI is InChI=1S/C32H42ClN3O4/c1-7-9-11-12-19-32(34-23(4)37,31(39)35(5)20-10-8-2)29-22(3)36(28-18-17-26(40-6)21-27(28)29)30(38)24-13-15-25(33)16-14-24/h13-18,21H,7-12,19-20H2,1-6H3,(H,34,37). The van der Waals surface area contributed by atoms with Crippen LogP contribution in [0, 0.1) is 6.92 Å². The molecule has 0 spiro atoms. The molecule has 1 aromatic heterocycles. The van der Waals surface area contributed by atoms with Crippen molar-refractivity contribution in [1.82, 2.24) is 14.8 Å². The van der Waals surface area contributed by atoms with Crippen LogP contribution in [0.1, 0.15) is 87.3 Å². The maximum Gasteiger partial charge on any atom is 0.262 e. The Balaban J connectivity index is 2.37. The molecule has 0 aliphatic rings. The third kappa shape index (κ3) is 6.52. The number of likely N-dealkylation sites (N-methyl/N-ethyl adjacent to an activating group) is 1. The Bertz CT molecular complexity index is 1350. The Morgan fingerprint density at radius 1 is 1.00 bits per heavy atom. The number of aromatic nitrogens is 1. The highest BCUT2D eigenvalue weighted by molar-refractivity contribution is 6.30. The van der Waals surface area contributed by atoms with Gasteiger partial charge >= 0.3 is 0 Å². The molecule has 40 heavy (non-hydrogen) atoms. The van der Waals surface area contributed by atoms with E-state index in [1.54, 1.807) is 54.0 Å². The Hall–Kier alpha value is -3.32. The van der Waals surface area contributed by atoms with E-state index >= 15 is 0 Å². The van der Waals surface area contributed by atoms with Gasteiger partial charge in [0.25, 0.3) is 11.8 Å². The molecule has 0 aliphatic carbocycles. The molecule has 0 bridgehead atoms. The first-order valence-corrected chi connectivity index (χ1v) is 14.5. The summed E-state index contributed by atoms with van der Waals surface area (Å²) < 4.78 is 7.20. The van der Waals surface area contributed by atoms with Gasteiger partial charge in [-0.1, -0.05) is 57.6 Å². The van der Waals surface area contributed by atoms with E-state index in [9.17, 15) is 14.4 Å². The van der Waals surface area contributed by atoms with Gasteiger partial charge in [0.05, 0.1) is 12.6 Å². The highest BCUT2D eigenvalue weighted by Crippen LogP contribution is 2.41. The number of benzene rings is 2. The number of hydrogen-bond acceptors (Lipinski definition) is 4. The number of ether oxygens (including phenoxy) is 1. The Morgan fingerprint density at radius 2 is 1.68 bits per heavy atom. The molecular formula is C32H42ClN3O4. The van der Waals surface area contributed by atoms with Gasteiger partial charge in [0, 0.05) is 47.7 Å². The maximum absolute atomic E-state index is 14.5. The number of carbonyl (C=O) groups excluding carboxylic acids is 3. The van der Waals surface area contributed by atoms with Crippen LogP contribution in [0.2, 0.25) is 5.02 Å². The van der Waals surface area contributed by atoms with Crippen LogP contribution in [0.5, 0.6) is 5.75 Å². The van der Waals surface area contributed by atoms with Gasteiger partial charge in [0.15, 0.2) is 0 Å². The van der Waals surface area contributed by atoms with Crippen LogP contribution in [-0.2, 0) is 15.1 Å². The number of fused-ring (bicyclic) bond motifs is 1. The van der Waals surface area contributed by atoms with Crippen molar-refractivity contribution in [2.75, 3.05) is 20.7 Å². The van der Waals surface area contributed by atoms with Gasteiger partial charge in [-0.25, -0.2) is 0 Å². The summed E-state index contributed by atoms with van der Waals surface area (Å²) in [5, 5.41) is 4.33. The van der Waals surface area contributed by atoms with Gasteiger partial charge in [-0.15, -0.1) is 0 Å². The summed E-state index contributed by atoms with van der Waals surface area (Å²) in [4.78, 5) is 43.0. The van der Waals surface area contributed by atoms with Crippen molar-refractivity contribution in [2.24, 2.45) is 0 Å². The van der Waals surface area contributed by atoms with Crippen molar-refractivity contribution in [3.8, 4) is 5.75 Å². The highest BCUT2D eigenvalue weighted by atomic mass is 35.5. The number of nitrogens with one attached hydrogen (secondary N) is 1. The molecule has 7 nitrogen and oxygen atoms in total. The molecule has 3 aromatic rings. The van der Waals surface area contributed by atoms with Gasteiger partial charge in [0.2, 0.25) is 5.91 Å². The van der Waals surface area contributed by atoms with E-state index in [2.05, 4.69) is 19.2 Å². The first kappa shape index (κ1) is 31.2. The van der Waals surface area contributed by atoms with Crippen LogP contribution < -0.4 is 10.1 Å². The molecule has 1 N–H and O–H groups in total. The van der Waals surface area contributed by atoms with E-state index in [0.717, 1.165) is 38.5 Å². The average Bonchev–Trinajstić information content (AvgIpc) is 3.23. The lowest BCUT2D eigenvalue weighted by Gasteiger charge is -2.37. The lowest BCUT2D eigenvalue weighted by Crippen LogP contribution is -2.56. The van der Waals surface area contributed by atoms with Crippen molar-refractivity contribution in [1.29, 1.82) is 0 Å². The predicted molar refractivity (Wildman–Crippen MR) is 161 cm³/mol. The number of rotatable bonds is 13. The molecule has 2 amide bonds. The fraction of sp³-hybridized carbons (Fsp3) is 0.469. The number of methoxy groups -OCH3 is 1. The minimum Gasteiger partial charge on any atom is -0.497 e. The first-order chi connectivity index (χ1) is 19.1. The van der Waals surface area contributed by atoms with Gasteiger partial charge in [-0.2, -0.15) is 0 Å². The summed E-state index contributed by atoms with van der Waals surface area (Å²) in [6.45, 7) is 8.07. The summed E-state index contributed by atoms with van der Waals surface area (Å²) in [6, 6.07) is 12.2. The third-order valence-electron chi connectivity index (χ3n) is 7.49.